The number of nitrogens with one attached hydrogen (secondary N) is 1. The quantitative estimate of drug-likeness (QED) is 0.129. The van der Waals surface area contributed by atoms with Gasteiger partial charge in [0.2, 0.25) is 0 Å². The molecule has 10 nitrogen and oxygen atoms in total. The zero-order valence-electron chi connectivity index (χ0n) is 19.6. The van der Waals surface area contributed by atoms with E-state index < -0.39 is 10.8 Å². The number of nitro benzene ring substituents is 1. The molecule has 0 saturated heterocycles. The highest BCUT2D eigenvalue weighted by molar-refractivity contribution is 7.99. The van der Waals surface area contributed by atoms with Crippen LogP contribution in [-0.4, -0.2) is 44.2 Å². The summed E-state index contributed by atoms with van der Waals surface area (Å²) in [4.78, 5) is 22.9. The van der Waals surface area contributed by atoms with E-state index in [0.717, 1.165) is 17.0 Å². The number of ether oxygens (including phenoxy) is 1. The van der Waals surface area contributed by atoms with Gasteiger partial charge in [-0.25, -0.2) is 5.43 Å². The molecule has 1 heterocycles. The predicted octanol–water partition coefficient (Wildman–Crippen LogP) is 5.14. The van der Waals surface area contributed by atoms with Gasteiger partial charge in [0.25, 0.3) is 11.6 Å². The van der Waals surface area contributed by atoms with Crippen molar-refractivity contribution in [3.8, 4) is 22.8 Å². The molecule has 188 valence electrons. The molecule has 12 heteroatoms. The number of thioether (sulfide) groups is 1. The summed E-state index contributed by atoms with van der Waals surface area (Å²) in [5.74, 6) is 0.983. The number of aromatic nitrogens is 3. The lowest BCUT2D eigenvalue weighted by atomic mass is 10.2. The van der Waals surface area contributed by atoms with E-state index in [4.69, 9.17) is 16.3 Å². The molecule has 0 radical (unpaired) electrons. The van der Waals surface area contributed by atoms with E-state index in [2.05, 4.69) is 20.7 Å². The third-order valence-electron chi connectivity index (χ3n) is 4.99. The predicted molar refractivity (Wildman–Crippen MR) is 143 cm³/mol. The summed E-state index contributed by atoms with van der Waals surface area (Å²) in [6.07, 6.45) is 1.26. The fourth-order valence-corrected chi connectivity index (χ4v) is 4.22. The lowest BCUT2D eigenvalue weighted by Gasteiger charge is -2.11. The van der Waals surface area contributed by atoms with Crippen LogP contribution in [0.15, 0.2) is 83.1 Å². The molecule has 0 aliphatic rings. The Morgan fingerprint density at radius 2 is 1.92 bits per heavy atom. The molecule has 1 amide bonds. The van der Waals surface area contributed by atoms with Crippen molar-refractivity contribution in [3.63, 3.8) is 0 Å². The molecule has 0 unspecified atom stereocenters. The van der Waals surface area contributed by atoms with Gasteiger partial charge in [-0.05, 0) is 37.3 Å². The number of carbonyl (C=O) groups is 1. The lowest BCUT2D eigenvalue weighted by molar-refractivity contribution is -0.384. The van der Waals surface area contributed by atoms with Gasteiger partial charge in [0.05, 0.1) is 23.5 Å². The Kier molecular flexibility index (Phi) is 8.49. The van der Waals surface area contributed by atoms with Crippen molar-refractivity contribution in [2.24, 2.45) is 5.10 Å². The van der Waals surface area contributed by atoms with Crippen molar-refractivity contribution >= 4 is 41.2 Å². The number of amides is 1. The number of carbonyl (C=O) groups excluding carboxylic acids is 1. The number of non-ortho nitro benzene ring substituents is 1. The van der Waals surface area contributed by atoms with Crippen molar-refractivity contribution < 1.29 is 14.5 Å². The summed E-state index contributed by atoms with van der Waals surface area (Å²) >= 11 is 7.25. The third-order valence-corrected chi connectivity index (χ3v) is 6.26. The smallest absolute Gasteiger partial charge is 0.270 e. The van der Waals surface area contributed by atoms with E-state index in [1.54, 1.807) is 0 Å². The van der Waals surface area contributed by atoms with Crippen LogP contribution in [0.5, 0.6) is 5.75 Å². The maximum atomic E-state index is 12.4. The van der Waals surface area contributed by atoms with Crippen LogP contribution in [0.1, 0.15) is 12.5 Å². The fourth-order valence-electron chi connectivity index (χ4n) is 3.31. The summed E-state index contributed by atoms with van der Waals surface area (Å²) in [5.41, 5.74) is 4.27. The lowest BCUT2D eigenvalue weighted by Crippen LogP contribution is -2.20. The second kappa shape index (κ2) is 12.2. The van der Waals surface area contributed by atoms with E-state index in [0.29, 0.717) is 23.2 Å². The summed E-state index contributed by atoms with van der Waals surface area (Å²) < 4.78 is 7.41. The Morgan fingerprint density at radius 3 is 2.62 bits per heavy atom. The molecule has 37 heavy (non-hydrogen) atoms. The maximum Gasteiger partial charge on any atom is 0.270 e. The second-order valence-electron chi connectivity index (χ2n) is 7.48. The van der Waals surface area contributed by atoms with Gasteiger partial charge in [-0.1, -0.05) is 53.7 Å². The van der Waals surface area contributed by atoms with Gasteiger partial charge < -0.3 is 4.74 Å². The van der Waals surface area contributed by atoms with E-state index in [9.17, 15) is 14.9 Å². The van der Waals surface area contributed by atoms with E-state index in [1.807, 2.05) is 66.1 Å². The number of nitro groups is 1. The minimum absolute atomic E-state index is 0.00393. The first-order chi connectivity index (χ1) is 18.0. The topological polar surface area (TPSA) is 125 Å². The molecule has 4 aromatic rings. The fraction of sp³-hybridized carbons (Fsp3) is 0.120. The van der Waals surface area contributed by atoms with Gasteiger partial charge in [-0.3, -0.25) is 19.5 Å². The molecule has 0 aliphatic heterocycles. The van der Waals surface area contributed by atoms with Crippen LogP contribution < -0.4 is 10.2 Å². The van der Waals surface area contributed by atoms with Crippen LogP contribution in [0.25, 0.3) is 17.1 Å². The van der Waals surface area contributed by atoms with E-state index >= 15 is 0 Å². The molecular weight excluding hydrogens is 516 g/mol. The van der Waals surface area contributed by atoms with Gasteiger partial charge in [0, 0.05) is 34.0 Å². The molecule has 4 rings (SSSR count). The number of hydrogen-bond acceptors (Lipinski definition) is 8. The number of nitrogens with zero attached hydrogens (tertiary/aromatic N) is 5. The molecular formula is C25H21ClN6O4S. The van der Waals surface area contributed by atoms with E-state index in [-0.39, 0.29) is 16.5 Å². The van der Waals surface area contributed by atoms with Crippen LogP contribution in [0.4, 0.5) is 5.69 Å². The number of hydrogen-bond donors (Lipinski definition) is 1. The molecule has 3 aromatic carbocycles. The van der Waals surface area contributed by atoms with Crippen molar-refractivity contribution in [1.82, 2.24) is 20.2 Å². The van der Waals surface area contributed by atoms with Crippen molar-refractivity contribution in [3.05, 3.63) is 93.5 Å². The van der Waals surface area contributed by atoms with Crippen LogP contribution in [0.3, 0.4) is 0 Å². The minimum atomic E-state index is -0.535. The number of halogens is 1. The van der Waals surface area contributed by atoms with Gasteiger partial charge in [-0.2, -0.15) is 5.10 Å². The maximum absolute atomic E-state index is 12.4. The summed E-state index contributed by atoms with van der Waals surface area (Å²) in [7, 11) is 0. The molecule has 0 spiro atoms. The summed E-state index contributed by atoms with van der Waals surface area (Å²) in [5, 5.41) is 24.3. The van der Waals surface area contributed by atoms with Gasteiger partial charge in [0.15, 0.2) is 11.0 Å². The molecule has 0 saturated carbocycles. The van der Waals surface area contributed by atoms with Crippen molar-refractivity contribution in [1.29, 1.82) is 0 Å². The first-order valence-electron chi connectivity index (χ1n) is 11.1. The highest BCUT2D eigenvalue weighted by Crippen LogP contribution is 2.29. The summed E-state index contributed by atoms with van der Waals surface area (Å²) in [6.45, 7) is 2.48. The van der Waals surface area contributed by atoms with Gasteiger partial charge in [0.1, 0.15) is 5.75 Å². The Hall–Kier alpha value is -4.22. The average molecular weight is 537 g/mol. The standard InChI is InChI=1S/C25H21ClN6O4S/c1-2-36-21-11-8-19(9-12-21)31-24(17-6-4-3-5-7-17)29-30-25(31)37-16-23(33)28-27-15-18-14-20(32(34)35)10-13-22(18)26/h3-15H,2,16H2,1H3,(H,28,33)/b27-15+. The zero-order valence-corrected chi connectivity index (χ0v) is 21.1. The molecule has 0 aliphatic carbocycles. The molecule has 0 atom stereocenters. The molecule has 0 bridgehead atoms. The van der Waals surface area contributed by atoms with Crippen LogP contribution in [0, 0.1) is 10.1 Å². The first-order valence-corrected chi connectivity index (χ1v) is 12.5. The van der Waals surface area contributed by atoms with Gasteiger partial charge in [-0.15, -0.1) is 10.2 Å². The molecule has 0 fully saturated rings. The zero-order chi connectivity index (χ0) is 26.2. The second-order valence-corrected chi connectivity index (χ2v) is 8.83. The third kappa shape index (κ3) is 6.51. The summed E-state index contributed by atoms with van der Waals surface area (Å²) in [6, 6.07) is 21.1. The number of hydrazone groups is 1. The average Bonchev–Trinajstić information content (AvgIpc) is 3.33. The van der Waals surface area contributed by atoms with Crippen molar-refractivity contribution in [2.45, 2.75) is 12.1 Å². The SMILES string of the molecule is CCOc1ccc(-n2c(SCC(=O)N/N=C/c3cc([N+](=O)[O-])ccc3Cl)nnc2-c2ccccc2)cc1. The Balaban J connectivity index is 1.50. The van der Waals surface area contributed by atoms with Crippen LogP contribution in [0.2, 0.25) is 5.02 Å². The number of rotatable bonds is 10. The Bertz CT molecular complexity index is 1430. The van der Waals surface area contributed by atoms with E-state index in [1.165, 1.54) is 36.2 Å². The highest BCUT2D eigenvalue weighted by Gasteiger charge is 2.17. The Morgan fingerprint density at radius 1 is 1.16 bits per heavy atom. The highest BCUT2D eigenvalue weighted by atomic mass is 35.5. The van der Waals surface area contributed by atoms with Gasteiger partial charge >= 0.3 is 0 Å². The largest absolute Gasteiger partial charge is 0.494 e. The first kappa shape index (κ1) is 25.9. The van der Waals surface area contributed by atoms with Crippen LogP contribution in [-0.2, 0) is 4.79 Å². The normalized spacial score (nSPS) is 11.0. The monoisotopic (exact) mass is 536 g/mol. The minimum Gasteiger partial charge on any atom is -0.494 e. The molecule has 1 N–H and O–H groups in total. The number of benzene rings is 3. The Labute approximate surface area is 221 Å². The van der Waals surface area contributed by atoms with Crippen LogP contribution >= 0.6 is 23.4 Å². The molecule has 1 aromatic heterocycles. The van der Waals surface area contributed by atoms with Crippen molar-refractivity contribution in [2.75, 3.05) is 12.4 Å².